The zero-order valence-corrected chi connectivity index (χ0v) is 18.6. The van der Waals surface area contributed by atoms with Gasteiger partial charge in [-0.15, -0.1) is 0 Å². The number of hydrogen-bond acceptors (Lipinski definition) is 7. The van der Waals surface area contributed by atoms with Crippen LogP contribution in [-0.4, -0.2) is 86.1 Å². The topological polar surface area (TPSA) is 92.3 Å². The van der Waals surface area contributed by atoms with Crippen molar-refractivity contribution in [1.29, 1.82) is 0 Å². The zero-order valence-electron chi connectivity index (χ0n) is 18.6. The van der Waals surface area contributed by atoms with Crippen LogP contribution in [0, 0.1) is 0 Å². The molecule has 0 spiro atoms. The average Bonchev–Trinajstić information content (AvgIpc) is 2.82. The summed E-state index contributed by atoms with van der Waals surface area (Å²) in [7, 11) is 3.32. The average molecular weight is 441 g/mol. The number of ether oxygens (including phenoxy) is 2. The summed E-state index contributed by atoms with van der Waals surface area (Å²) >= 11 is 0. The molecule has 2 heterocycles. The van der Waals surface area contributed by atoms with Gasteiger partial charge in [0.05, 0.1) is 12.2 Å². The second kappa shape index (κ2) is 10.6. The van der Waals surface area contributed by atoms with E-state index in [0.29, 0.717) is 49.7 Å². The smallest absolute Gasteiger partial charge is 0.339 e. The molecule has 1 aromatic carbocycles. The van der Waals surface area contributed by atoms with Crippen molar-refractivity contribution < 1.29 is 23.9 Å². The normalized spacial score (nSPS) is 13.5. The van der Waals surface area contributed by atoms with E-state index in [1.54, 1.807) is 62.3 Å². The summed E-state index contributed by atoms with van der Waals surface area (Å²) in [5.74, 6) is 0.613. The lowest BCUT2D eigenvalue weighted by atomic mass is 10.1. The number of carbonyl (C=O) groups is 3. The third-order valence-electron chi connectivity index (χ3n) is 5.09. The molecule has 0 saturated carbocycles. The van der Waals surface area contributed by atoms with Gasteiger partial charge in [0.2, 0.25) is 0 Å². The third kappa shape index (κ3) is 5.75. The van der Waals surface area contributed by atoms with Gasteiger partial charge < -0.3 is 24.2 Å². The quantitative estimate of drug-likeness (QED) is 0.605. The van der Waals surface area contributed by atoms with Gasteiger partial charge in [-0.3, -0.25) is 9.59 Å². The molecule has 0 atom stereocenters. The van der Waals surface area contributed by atoms with E-state index in [-0.39, 0.29) is 24.4 Å². The number of esters is 1. The summed E-state index contributed by atoms with van der Waals surface area (Å²) in [5, 5.41) is 0. The van der Waals surface area contributed by atoms with Crippen molar-refractivity contribution >= 4 is 23.6 Å². The number of aromatic nitrogens is 1. The summed E-state index contributed by atoms with van der Waals surface area (Å²) in [6, 6.07) is 10.4. The fourth-order valence-electron chi connectivity index (χ4n) is 3.22. The Morgan fingerprint density at radius 2 is 1.78 bits per heavy atom. The van der Waals surface area contributed by atoms with Crippen LogP contribution in [0.1, 0.15) is 27.6 Å². The molecule has 1 aliphatic rings. The predicted molar refractivity (Wildman–Crippen MR) is 119 cm³/mol. The molecule has 1 fully saturated rings. The Hall–Kier alpha value is -3.62. The monoisotopic (exact) mass is 440 g/mol. The number of rotatable bonds is 7. The van der Waals surface area contributed by atoms with E-state index >= 15 is 0 Å². The number of pyridine rings is 1. The van der Waals surface area contributed by atoms with E-state index in [9.17, 15) is 14.4 Å². The first-order chi connectivity index (χ1) is 15.4. The molecule has 170 valence electrons. The summed E-state index contributed by atoms with van der Waals surface area (Å²) < 4.78 is 10.5. The zero-order chi connectivity index (χ0) is 23.1. The maximum Gasteiger partial charge on any atom is 0.339 e. The molecule has 1 saturated heterocycles. The van der Waals surface area contributed by atoms with Crippen LogP contribution in [0.2, 0.25) is 0 Å². The van der Waals surface area contributed by atoms with Crippen molar-refractivity contribution in [1.82, 2.24) is 14.8 Å². The molecular formula is C23H28N4O5. The molecule has 1 aliphatic heterocycles. The number of carbonyl (C=O) groups excluding carboxylic acids is 3. The highest BCUT2D eigenvalue weighted by molar-refractivity contribution is 5.94. The van der Waals surface area contributed by atoms with Crippen molar-refractivity contribution in [2.75, 3.05) is 58.4 Å². The first kappa shape index (κ1) is 23.1. The lowest BCUT2D eigenvalue weighted by molar-refractivity contribution is -0.130. The van der Waals surface area contributed by atoms with Crippen LogP contribution in [-0.2, 0) is 9.53 Å². The number of benzene rings is 1. The molecule has 0 aliphatic carbocycles. The highest BCUT2D eigenvalue weighted by Crippen LogP contribution is 2.18. The van der Waals surface area contributed by atoms with E-state index in [1.807, 2.05) is 0 Å². The summed E-state index contributed by atoms with van der Waals surface area (Å²) in [5.41, 5.74) is 0.934. The van der Waals surface area contributed by atoms with E-state index in [0.717, 1.165) is 5.82 Å². The number of likely N-dealkylation sites (N-methyl/N-ethyl adjacent to an activating group) is 1. The lowest BCUT2D eigenvalue weighted by Crippen LogP contribution is -2.49. The lowest BCUT2D eigenvalue weighted by Gasteiger charge is -2.35. The van der Waals surface area contributed by atoms with Gasteiger partial charge in [0.1, 0.15) is 11.6 Å². The molecule has 0 radical (unpaired) electrons. The van der Waals surface area contributed by atoms with E-state index < -0.39 is 0 Å². The number of nitrogens with zero attached hydrogens (tertiary/aromatic N) is 4. The molecule has 3 rings (SSSR count). The molecule has 2 aromatic rings. The van der Waals surface area contributed by atoms with Gasteiger partial charge in [-0.2, -0.15) is 0 Å². The number of hydrogen-bond donors (Lipinski definition) is 0. The fourth-order valence-corrected chi connectivity index (χ4v) is 3.22. The van der Waals surface area contributed by atoms with Crippen LogP contribution in [0.15, 0.2) is 42.6 Å². The van der Waals surface area contributed by atoms with E-state index in [1.165, 1.54) is 11.1 Å². The minimum absolute atomic E-state index is 0.0781. The van der Waals surface area contributed by atoms with Gasteiger partial charge in [-0.05, 0) is 37.3 Å². The van der Waals surface area contributed by atoms with Crippen molar-refractivity contribution in [2.24, 2.45) is 0 Å². The second-order valence-electron chi connectivity index (χ2n) is 7.51. The molecule has 1 aromatic heterocycles. The van der Waals surface area contributed by atoms with E-state index in [2.05, 4.69) is 9.88 Å². The summed E-state index contributed by atoms with van der Waals surface area (Å²) in [6.07, 6.45) is 1.51. The minimum atomic E-state index is -0.390. The highest BCUT2D eigenvalue weighted by Gasteiger charge is 2.23. The Morgan fingerprint density at radius 3 is 2.41 bits per heavy atom. The minimum Gasteiger partial charge on any atom is -0.484 e. The van der Waals surface area contributed by atoms with Crippen LogP contribution in [0.5, 0.6) is 5.75 Å². The Kier molecular flexibility index (Phi) is 7.64. The van der Waals surface area contributed by atoms with Crippen molar-refractivity contribution in [3.8, 4) is 5.75 Å². The Balaban J connectivity index is 1.56. The van der Waals surface area contributed by atoms with Gasteiger partial charge in [0.15, 0.2) is 6.61 Å². The van der Waals surface area contributed by atoms with Crippen molar-refractivity contribution in [2.45, 2.75) is 6.92 Å². The van der Waals surface area contributed by atoms with Gasteiger partial charge in [-0.1, -0.05) is 6.07 Å². The third-order valence-corrected chi connectivity index (χ3v) is 5.09. The molecule has 9 nitrogen and oxygen atoms in total. The molecular weight excluding hydrogens is 412 g/mol. The maximum atomic E-state index is 12.9. The van der Waals surface area contributed by atoms with Gasteiger partial charge in [0, 0.05) is 52.0 Å². The number of anilines is 1. The van der Waals surface area contributed by atoms with Crippen LogP contribution < -0.4 is 9.64 Å². The van der Waals surface area contributed by atoms with E-state index in [4.69, 9.17) is 9.47 Å². The molecule has 32 heavy (non-hydrogen) atoms. The van der Waals surface area contributed by atoms with Crippen molar-refractivity contribution in [3.05, 3.63) is 53.7 Å². The predicted octanol–water partition coefficient (Wildman–Crippen LogP) is 1.69. The molecule has 0 N–H and O–H groups in total. The van der Waals surface area contributed by atoms with Gasteiger partial charge in [-0.25, -0.2) is 9.78 Å². The van der Waals surface area contributed by atoms with Crippen LogP contribution >= 0.6 is 0 Å². The van der Waals surface area contributed by atoms with Gasteiger partial charge >= 0.3 is 5.97 Å². The van der Waals surface area contributed by atoms with Crippen molar-refractivity contribution in [3.63, 3.8) is 0 Å². The number of amides is 2. The molecule has 9 heteroatoms. The standard InChI is InChI=1S/C23H28N4O5/c1-4-31-23(30)18-8-9-20(24-15-18)26-10-12-27(13-11-26)22(29)17-6-5-7-19(14-17)32-16-21(28)25(2)3/h5-9,14-15H,4,10-13,16H2,1-3H3. The van der Waals surface area contributed by atoms with Crippen LogP contribution in [0.25, 0.3) is 0 Å². The second-order valence-corrected chi connectivity index (χ2v) is 7.51. The first-order valence-corrected chi connectivity index (χ1v) is 10.5. The summed E-state index contributed by atoms with van der Waals surface area (Å²) in [4.78, 5) is 46.1. The summed E-state index contributed by atoms with van der Waals surface area (Å²) in [6.45, 7) is 4.35. The molecule has 0 bridgehead atoms. The first-order valence-electron chi connectivity index (χ1n) is 10.5. The van der Waals surface area contributed by atoms with Gasteiger partial charge in [0.25, 0.3) is 11.8 Å². The highest BCUT2D eigenvalue weighted by atomic mass is 16.5. The van der Waals surface area contributed by atoms with Crippen LogP contribution in [0.4, 0.5) is 5.82 Å². The van der Waals surface area contributed by atoms with Crippen LogP contribution in [0.3, 0.4) is 0 Å². The molecule has 2 amide bonds. The Labute approximate surface area is 187 Å². The fraction of sp³-hybridized carbons (Fsp3) is 0.391. The maximum absolute atomic E-state index is 12.9. The largest absolute Gasteiger partial charge is 0.484 e. The SMILES string of the molecule is CCOC(=O)c1ccc(N2CCN(C(=O)c3cccc(OCC(=O)N(C)C)c3)CC2)nc1. The number of piperazine rings is 1. The molecule has 0 unspecified atom stereocenters. The Morgan fingerprint density at radius 1 is 1.03 bits per heavy atom. The Bertz CT molecular complexity index is 953.